The van der Waals surface area contributed by atoms with Crippen LogP contribution in [0, 0.1) is 19.7 Å². The second-order valence-electron chi connectivity index (χ2n) is 6.66. The van der Waals surface area contributed by atoms with Crippen LogP contribution in [0.1, 0.15) is 22.0 Å². The standard InChI is InChI=1S/C22H17ClFN5O2/c1-13-26-20(29-10-9-25-14(29)2)12-21(27-13)31-17-6-4-16(5-7-17)28-22(30)18-8-3-15(24)11-19(18)23/h3-12H,1-2H3,(H,28,30). The zero-order chi connectivity index (χ0) is 22.0. The van der Waals surface area contributed by atoms with E-state index in [0.29, 0.717) is 29.0 Å². The number of imidazole rings is 1. The molecule has 9 heteroatoms. The van der Waals surface area contributed by atoms with Crippen molar-refractivity contribution in [2.24, 2.45) is 0 Å². The second kappa shape index (κ2) is 8.53. The molecule has 2 aromatic heterocycles. The Morgan fingerprint density at radius 2 is 1.87 bits per heavy atom. The maximum atomic E-state index is 13.2. The van der Waals surface area contributed by atoms with Crippen molar-refractivity contribution < 1.29 is 13.9 Å². The highest BCUT2D eigenvalue weighted by Gasteiger charge is 2.12. The Morgan fingerprint density at radius 1 is 1.10 bits per heavy atom. The highest BCUT2D eigenvalue weighted by Crippen LogP contribution is 2.24. The van der Waals surface area contributed by atoms with Crippen LogP contribution in [-0.4, -0.2) is 25.4 Å². The third kappa shape index (κ3) is 4.70. The van der Waals surface area contributed by atoms with Crippen molar-refractivity contribution in [1.29, 1.82) is 0 Å². The molecule has 0 aliphatic carbocycles. The van der Waals surface area contributed by atoms with Gasteiger partial charge in [-0.25, -0.2) is 14.4 Å². The number of aromatic nitrogens is 4. The van der Waals surface area contributed by atoms with E-state index in [0.717, 1.165) is 11.9 Å². The number of carbonyl (C=O) groups is 1. The Bertz CT molecular complexity index is 1260. The highest BCUT2D eigenvalue weighted by molar-refractivity contribution is 6.34. The normalized spacial score (nSPS) is 10.7. The van der Waals surface area contributed by atoms with Crippen LogP contribution in [-0.2, 0) is 0 Å². The first-order valence-corrected chi connectivity index (χ1v) is 9.67. The molecule has 2 aromatic carbocycles. The van der Waals surface area contributed by atoms with Crippen molar-refractivity contribution in [1.82, 2.24) is 19.5 Å². The van der Waals surface area contributed by atoms with Gasteiger partial charge in [0.25, 0.3) is 5.91 Å². The van der Waals surface area contributed by atoms with Crippen LogP contribution >= 0.6 is 11.6 Å². The number of ether oxygens (including phenoxy) is 1. The summed E-state index contributed by atoms with van der Waals surface area (Å²) in [4.78, 5) is 25.3. The van der Waals surface area contributed by atoms with Crippen LogP contribution in [0.5, 0.6) is 11.6 Å². The van der Waals surface area contributed by atoms with Crippen LogP contribution in [0.3, 0.4) is 0 Å². The summed E-state index contributed by atoms with van der Waals surface area (Å²) in [6.07, 6.45) is 3.51. The molecule has 31 heavy (non-hydrogen) atoms. The minimum atomic E-state index is -0.505. The zero-order valence-corrected chi connectivity index (χ0v) is 17.4. The van der Waals surface area contributed by atoms with Gasteiger partial charge >= 0.3 is 0 Å². The topological polar surface area (TPSA) is 81.9 Å². The van der Waals surface area contributed by atoms with Crippen molar-refractivity contribution in [2.75, 3.05) is 5.32 Å². The minimum Gasteiger partial charge on any atom is -0.439 e. The van der Waals surface area contributed by atoms with Gasteiger partial charge in [0.2, 0.25) is 5.88 Å². The van der Waals surface area contributed by atoms with E-state index in [1.165, 1.54) is 12.1 Å². The van der Waals surface area contributed by atoms with Gasteiger partial charge in [-0.1, -0.05) is 11.6 Å². The summed E-state index contributed by atoms with van der Waals surface area (Å²) in [5.74, 6) is 1.97. The number of halogens is 2. The predicted octanol–water partition coefficient (Wildman–Crippen LogP) is 5.12. The van der Waals surface area contributed by atoms with Gasteiger partial charge in [0.15, 0.2) is 0 Å². The SMILES string of the molecule is Cc1nc(Oc2ccc(NC(=O)c3ccc(F)cc3Cl)cc2)cc(-n2ccnc2C)n1. The summed E-state index contributed by atoms with van der Waals surface area (Å²) in [7, 11) is 0. The molecule has 4 rings (SSSR count). The maximum Gasteiger partial charge on any atom is 0.257 e. The van der Waals surface area contributed by atoms with Gasteiger partial charge in [0.1, 0.15) is 29.0 Å². The van der Waals surface area contributed by atoms with Gasteiger partial charge in [-0.3, -0.25) is 9.36 Å². The van der Waals surface area contributed by atoms with Crippen LogP contribution < -0.4 is 10.1 Å². The van der Waals surface area contributed by atoms with E-state index >= 15 is 0 Å². The lowest BCUT2D eigenvalue weighted by molar-refractivity contribution is 0.102. The van der Waals surface area contributed by atoms with E-state index in [1.54, 1.807) is 43.5 Å². The summed E-state index contributed by atoms with van der Waals surface area (Å²) >= 11 is 5.94. The van der Waals surface area contributed by atoms with Crippen molar-refractivity contribution in [3.05, 3.63) is 89.0 Å². The fraction of sp³-hybridized carbons (Fsp3) is 0.0909. The Labute approximate surface area is 182 Å². The molecule has 0 saturated carbocycles. The fourth-order valence-electron chi connectivity index (χ4n) is 2.92. The Hall–Kier alpha value is -3.78. The van der Waals surface area contributed by atoms with E-state index in [1.807, 2.05) is 17.7 Å². The van der Waals surface area contributed by atoms with Gasteiger partial charge in [0.05, 0.1) is 10.6 Å². The number of anilines is 1. The summed E-state index contributed by atoms with van der Waals surface area (Å²) in [6.45, 7) is 3.66. The molecule has 1 N–H and O–H groups in total. The smallest absolute Gasteiger partial charge is 0.257 e. The molecule has 0 spiro atoms. The van der Waals surface area contributed by atoms with Crippen molar-refractivity contribution in [3.63, 3.8) is 0 Å². The number of carbonyl (C=O) groups excluding carboxylic acids is 1. The average molecular weight is 438 g/mol. The van der Waals surface area contributed by atoms with Gasteiger partial charge in [-0.05, 0) is 56.3 Å². The zero-order valence-electron chi connectivity index (χ0n) is 16.6. The monoisotopic (exact) mass is 437 g/mol. The first-order chi connectivity index (χ1) is 14.9. The first-order valence-electron chi connectivity index (χ1n) is 9.29. The lowest BCUT2D eigenvalue weighted by Crippen LogP contribution is -2.12. The molecule has 0 unspecified atom stereocenters. The Kier molecular flexibility index (Phi) is 5.64. The fourth-order valence-corrected chi connectivity index (χ4v) is 3.17. The molecule has 0 aliphatic heterocycles. The minimum absolute atomic E-state index is 0.0421. The third-order valence-electron chi connectivity index (χ3n) is 4.38. The molecule has 0 bridgehead atoms. The first kappa shape index (κ1) is 20.5. The molecule has 7 nitrogen and oxygen atoms in total. The van der Waals surface area contributed by atoms with Gasteiger partial charge in [-0.15, -0.1) is 0 Å². The van der Waals surface area contributed by atoms with Gasteiger partial charge in [-0.2, -0.15) is 4.98 Å². The average Bonchev–Trinajstić information content (AvgIpc) is 3.15. The van der Waals surface area contributed by atoms with Crippen molar-refractivity contribution in [2.45, 2.75) is 13.8 Å². The molecule has 0 atom stereocenters. The van der Waals surface area contributed by atoms with Crippen molar-refractivity contribution in [3.8, 4) is 17.4 Å². The predicted molar refractivity (Wildman–Crippen MR) is 115 cm³/mol. The van der Waals surface area contributed by atoms with Crippen LogP contribution in [0.4, 0.5) is 10.1 Å². The lowest BCUT2D eigenvalue weighted by Gasteiger charge is -2.10. The number of nitrogens with one attached hydrogen (secondary N) is 1. The Morgan fingerprint density at radius 3 is 2.55 bits per heavy atom. The molecular formula is C22H17ClFN5O2. The second-order valence-corrected chi connectivity index (χ2v) is 7.07. The molecule has 0 fully saturated rings. The van der Waals surface area contributed by atoms with E-state index in [9.17, 15) is 9.18 Å². The van der Waals surface area contributed by atoms with Gasteiger partial charge in [0, 0.05) is 24.1 Å². The van der Waals surface area contributed by atoms with Crippen LogP contribution in [0.2, 0.25) is 5.02 Å². The summed E-state index contributed by atoms with van der Waals surface area (Å²) < 4.78 is 20.9. The molecule has 0 aliphatic rings. The van der Waals surface area contributed by atoms with Gasteiger partial charge < -0.3 is 10.1 Å². The number of hydrogen-bond donors (Lipinski definition) is 1. The number of amides is 1. The summed E-state index contributed by atoms with van der Waals surface area (Å²) in [5, 5.41) is 2.76. The maximum absolute atomic E-state index is 13.2. The molecule has 156 valence electrons. The van der Waals surface area contributed by atoms with E-state index in [2.05, 4.69) is 20.3 Å². The molecule has 0 saturated heterocycles. The molecule has 1 amide bonds. The molecular weight excluding hydrogens is 421 g/mol. The van der Waals surface area contributed by atoms with Crippen molar-refractivity contribution >= 4 is 23.2 Å². The summed E-state index contributed by atoms with van der Waals surface area (Å²) in [5.41, 5.74) is 0.716. The molecule has 0 radical (unpaired) electrons. The molecule has 4 aromatic rings. The van der Waals surface area contributed by atoms with Crippen LogP contribution in [0.25, 0.3) is 5.82 Å². The number of hydrogen-bond acceptors (Lipinski definition) is 5. The number of benzene rings is 2. The largest absolute Gasteiger partial charge is 0.439 e. The lowest BCUT2D eigenvalue weighted by atomic mass is 10.2. The summed E-state index contributed by atoms with van der Waals surface area (Å²) in [6, 6.07) is 12.1. The van der Waals surface area contributed by atoms with E-state index < -0.39 is 11.7 Å². The highest BCUT2D eigenvalue weighted by atomic mass is 35.5. The molecule has 2 heterocycles. The quantitative estimate of drug-likeness (QED) is 0.468. The van der Waals surface area contributed by atoms with E-state index in [4.69, 9.17) is 16.3 Å². The van der Waals surface area contributed by atoms with Crippen LogP contribution in [0.15, 0.2) is 60.9 Å². The van der Waals surface area contributed by atoms with E-state index in [-0.39, 0.29) is 10.6 Å². The number of rotatable bonds is 5. The Balaban J connectivity index is 1.48. The third-order valence-corrected chi connectivity index (χ3v) is 4.70. The number of nitrogens with zero attached hydrogens (tertiary/aromatic N) is 4. The number of aryl methyl sites for hydroxylation is 2.